The van der Waals surface area contributed by atoms with E-state index in [-0.39, 0.29) is 10.7 Å². The van der Waals surface area contributed by atoms with Gasteiger partial charge >= 0.3 is 0 Å². The van der Waals surface area contributed by atoms with Crippen LogP contribution in [-0.4, -0.2) is 31.0 Å². The summed E-state index contributed by atoms with van der Waals surface area (Å²) in [6, 6.07) is 7.49. The molecule has 0 saturated heterocycles. The van der Waals surface area contributed by atoms with E-state index in [2.05, 4.69) is 43.8 Å². The molecule has 0 aliphatic heterocycles. The fourth-order valence-corrected chi connectivity index (χ4v) is 2.14. The van der Waals surface area contributed by atoms with Gasteiger partial charge in [0.05, 0.1) is 11.4 Å². The van der Waals surface area contributed by atoms with E-state index >= 15 is 0 Å². The number of benzene rings is 1. The summed E-state index contributed by atoms with van der Waals surface area (Å²) in [7, 11) is 1.63. The van der Waals surface area contributed by atoms with Gasteiger partial charge in [0.2, 0.25) is 0 Å². The fraction of sp³-hybridized carbons (Fsp3) is 0.364. The Kier molecular flexibility index (Phi) is 6.30. The molecule has 0 aromatic heterocycles. The number of amides is 1. The van der Waals surface area contributed by atoms with Gasteiger partial charge in [0.25, 0.3) is 5.91 Å². The predicted molar refractivity (Wildman–Crippen MR) is 76.1 cm³/mol. The molecular weight excluding hydrogens is 385 g/mol. The Hall–Kier alpha value is -0.140. The molecule has 0 bridgehead atoms. The number of hydrogen-bond acceptors (Lipinski definition) is 2. The van der Waals surface area contributed by atoms with Crippen molar-refractivity contribution in [3.8, 4) is 0 Å². The fourth-order valence-electron chi connectivity index (χ4n) is 1.17. The first-order chi connectivity index (χ1) is 7.63. The maximum absolute atomic E-state index is 11.7. The molecule has 1 N–H and O–H groups in total. The second kappa shape index (κ2) is 7.24. The maximum Gasteiger partial charge on any atom is 0.251 e. The maximum atomic E-state index is 11.7. The SMILES string of the molecule is COCC(Br)CNC(=O)c1cccc(I)c1. The number of carbonyl (C=O) groups excluding carboxylic acids is 1. The summed E-state index contributed by atoms with van der Waals surface area (Å²) in [6.07, 6.45) is 0. The first kappa shape index (κ1) is 13.9. The van der Waals surface area contributed by atoms with Crippen LogP contribution in [0, 0.1) is 3.57 Å². The Morgan fingerprint density at radius 2 is 2.38 bits per heavy atom. The lowest BCUT2D eigenvalue weighted by Crippen LogP contribution is -2.31. The Morgan fingerprint density at radius 3 is 3.00 bits per heavy atom. The molecular formula is C11H13BrINO2. The van der Waals surface area contributed by atoms with Crippen molar-refractivity contribution < 1.29 is 9.53 Å². The molecule has 0 aliphatic rings. The van der Waals surface area contributed by atoms with E-state index in [1.54, 1.807) is 13.2 Å². The molecule has 1 aromatic carbocycles. The molecule has 1 aromatic rings. The third-order valence-electron chi connectivity index (χ3n) is 1.92. The summed E-state index contributed by atoms with van der Waals surface area (Å²) < 4.78 is 6.01. The number of nitrogens with one attached hydrogen (secondary N) is 1. The number of methoxy groups -OCH3 is 1. The number of ether oxygens (including phenoxy) is 1. The molecule has 0 spiro atoms. The Labute approximate surface area is 117 Å². The van der Waals surface area contributed by atoms with Gasteiger partial charge in [0.1, 0.15) is 0 Å². The number of rotatable bonds is 5. The van der Waals surface area contributed by atoms with E-state index in [0.717, 1.165) is 3.57 Å². The lowest BCUT2D eigenvalue weighted by molar-refractivity contribution is 0.0950. The highest BCUT2D eigenvalue weighted by molar-refractivity contribution is 14.1. The van der Waals surface area contributed by atoms with Gasteiger partial charge in [0, 0.05) is 22.8 Å². The lowest BCUT2D eigenvalue weighted by atomic mass is 10.2. The van der Waals surface area contributed by atoms with E-state index in [0.29, 0.717) is 18.7 Å². The van der Waals surface area contributed by atoms with Crippen LogP contribution in [0.25, 0.3) is 0 Å². The first-order valence-electron chi connectivity index (χ1n) is 4.80. The van der Waals surface area contributed by atoms with Crippen LogP contribution in [0.2, 0.25) is 0 Å². The van der Waals surface area contributed by atoms with Gasteiger partial charge in [-0.2, -0.15) is 0 Å². The topological polar surface area (TPSA) is 38.3 Å². The minimum Gasteiger partial charge on any atom is -0.383 e. The zero-order valence-corrected chi connectivity index (χ0v) is 12.6. The van der Waals surface area contributed by atoms with Gasteiger partial charge in [-0.15, -0.1) is 0 Å². The van der Waals surface area contributed by atoms with Gasteiger partial charge in [-0.25, -0.2) is 0 Å². The molecule has 1 atom stereocenters. The normalized spacial score (nSPS) is 12.2. The Morgan fingerprint density at radius 1 is 1.62 bits per heavy atom. The molecule has 1 rings (SSSR count). The minimum absolute atomic E-state index is 0.0564. The van der Waals surface area contributed by atoms with Gasteiger partial charge in [-0.3, -0.25) is 4.79 Å². The second-order valence-electron chi connectivity index (χ2n) is 3.27. The summed E-state index contributed by atoms with van der Waals surface area (Å²) in [5, 5.41) is 2.84. The molecule has 1 amide bonds. The van der Waals surface area contributed by atoms with Crippen molar-refractivity contribution in [2.24, 2.45) is 0 Å². The van der Waals surface area contributed by atoms with E-state index in [4.69, 9.17) is 4.74 Å². The summed E-state index contributed by atoms with van der Waals surface area (Å²) >= 11 is 5.60. The van der Waals surface area contributed by atoms with Gasteiger partial charge in [-0.1, -0.05) is 22.0 Å². The summed E-state index contributed by atoms with van der Waals surface area (Å²) in [6.45, 7) is 1.13. The van der Waals surface area contributed by atoms with Crippen LogP contribution in [0.3, 0.4) is 0 Å². The number of hydrogen-bond donors (Lipinski definition) is 1. The molecule has 1 unspecified atom stereocenters. The van der Waals surface area contributed by atoms with Crippen molar-refractivity contribution in [3.05, 3.63) is 33.4 Å². The van der Waals surface area contributed by atoms with E-state index in [1.165, 1.54) is 0 Å². The van der Waals surface area contributed by atoms with Gasteiger partial charge < -0.3 is 10.1 Å². The van der Waals surface area contributed by atoms with Crippen LogP contribution in [-0.2, 0) is 4.74 Å². The minimum atomic E-state index is -0.0564. The summed E-state index contributed by atoms with van der Waals surface area (Å²) in [4.78, 5) is 11.9. The van der Waals surface area contributed by atoms with Crippen LogP contribution in [0.4, 0.5) is 0 Å². The second-order valence-corrected chi connectivity index (χ2v) is 5.81. The van der Waals surface area contributed by atoms with Crippen molar-refractivity contribution >= 4 is 44.4 Å². The highest BCUT2D eigenvalue weighted by Gasteiger charge is 2.08. The van der Waals surface area contributed by atoms with Gasteiger partial charge in [0.15, 0.2) is 0 Å². The summed E-state index contributed by atoms with van der Waals surface area (Å²) in [5.41, 5.74) is 0.684. The molecule has 0 saturated carbocycles. The monoisotopic (exact) mass is 397 g/mol. The zero-order chi connectivity index (χ0) is 12.0. The standard InChI is InChI=1S/C11H13BrINO2/c1-16-7-9(12)6-14-11(15)8-3-2-4-10(13)5-8/h2-5,9H,6-7H2,1H3,(H,14,15). The first-order valence-corrected chi connectivity index (χ1v) is 6.79. The van der Waals surface area contributed by atoms with Crippen molar-refractivity contribution in [2.45, 2.75) is 4.83 Å². The molecule has 5 heteroatoms. The quantitative estimate of drug-likeness (QED) is 0.612. The average molecular weight is 398 g/mol. The van der Waals surface area contributed by atoms with Crippen molar-refractivity contribution in [1.29, 1.82) is 0 Å². The Balaban J connectivity index is 2.47. The zero-order valence-electron chi connectivity index (χ0n) is 8.87. The van der Waals surface area contributed by atoms with Crippen molar-refractivity contribution in [1.82, 2.24) is 5.32 Å². The van der Waals surface area contributed by atoms with Crippen LogP contribution in [0.5, 0.6) is 0 Å². The van der Waals surface area contributed by atoms with Crippen molar-refractivity contribution in [3.63, 3.8) is 0 Å². The van der Waals surface area contributed by atoms with E-state index < -0.39 is 0 Å². The molecule has 16 heavy (non-hydrogen) atoms. The molecule has 0 radical (unpaired) electrons. The molecule has 0 heterocycles. The van der Waals surface area contributed by atoms with Crippen LogP contribution < -0.4 is 5.32 Å². The summed E-state index contributed by atoms with van der Waals surface area (Å²) in [5.74, 6) is -0.0564. The predicted octanol–water partition coefficient (Wildman–Crippen LogP) is 2.43. The highest BCUT2D eigenvalue weighted by atomic mass is 127. The van der Waals surface area contributed by atoms with Crippen molar-refractivity contribution in [2.75, 3.05) is 20.3 Å². The Bertz CT molecular complexity index is 360. The largest absolute Gasteiger partial charge is 0.383 e. The van der Waals surface area contributed by atoms with E-state index in [1.807, 2.05) is 18.2 Å². The number of carbonyl (C=O) groups is 1. The number of halogens is 2. The van der Waals surface area contributed by atoms with Gasteiger partial charge in [-0.05, 0) is 40.8 Å². The van der Waals surface area contributed by atoms with Crippen LogP contribution in [0.1, 0.15) is 10.4 Å². The molecule has 0 aliphatic carbocycles. The molecule has 88 valence electrons. The third kappa shape index (κ3) is 4.80. The molecule has 3 nitrogen and oxygen atoms in total. The van der Waals surface area contributed by atoms with Crippen LogP contribution >= 0.6 is 38.5 Å². The van der Waals surface area contributed by atoms with E-state index in [9.17, 15) is 4.79 Å². The lowest BCUT2D eigenvalue weighted by Gasteiger charge is -2.10. The highest BCUT2D eigenvalue weighted by Crippen LogP contribution is 2.07. The molecule has 0 fully saturated rings. The smallest absolute Gasteiger partial charge is 0.251 e. The third-order valence-corrected chi connectivity index (χ3v) is 3.18. The average Bonchev–Trinajstić information content (AvgIpc) is 2.26. The number of alkyl halides is 1. The van der Waals surface area contributed by atoms with Crippen LogP contribution in [0.15, 0.2) is 24.3 Å².